The van der Waals surface area contributed by atoms with Crippen LogP contribution in [0.5, 0.6) is 11.5 Å². The van der Waals surface area contributed by atoms with E-state index >= 15 is 0 Å². The summed E-state index contributed by atoms with van der Waals surface area (Å²) in [6.07, 6.45) is 0. The van der Waals surface area contributed by atoms with E-state index in [9.17, 15) is 8.42 Å². The summed E-state index contributed by atoms with van der Waals surface area (Å²) in [6.45, 7) is 5.98. The Kier molecular flexibility index (Phi) is 7.74. The third-order valence-corrected chi connectivity index (χ3v) is 6.67. The summed E-state index contributed by atoms with van der Waals surface area (Å²) in [5.41, 5.74) is 0.973. The lowest BCUT2D eigenvalue weighted by atomic mass is 10.2. The molecule has 0 aliphatic carbocycles. The van der Waals surface area contributed by atoms with Crippen LogP contribution >= 0.6 is 0 Å². The molecule has 0 saturated heterocycles. The summed E-state index contributed by atoms with van der Waals surface area (Å²) in [4.78, 5) is 6.14. The van der Waals surface area contributed by atoms with Gasteiger partial charge in [-0.3, -0.25) is 4.99 Å². The van der Waals surface area contributed by atoms with Crippen LogP contribution in [0.25, 0.3) is 0 Å². The lowest BCUT2D eigenvalue weighted by Gasteiger charge is -2.24. The van der Waals surface area contributed by atoms with Crippen molar-refractivity contribution < 1.29 is 17.9 Å². The average molecular weight is 386 g/mol. The molecule has 0 radical (unpaired) electrons. The number of hydrogen-bond acceptors (Lipinski definition) is 5. The predicted molar refractivity (Wildman–Crippen MR) is 106 cm³/mol. The molecular formula is C18H31N3O4S. The fourth-order valence-corrected chi connectivity index (χ4v) is 3.28. The highest BCUT2D eigenvalue weighted by Gasteiger charge is 2.28. The van der Waals surface area contributed by atoms with Crippen molar-refractivity contribution in [3.63, 3.8) is 0 Å². The highest BCUT2D eigenvalue weighted by atomic mass is 32.2. The molecule has 0 unspecified atom stereocenters. The first-order chi connectivity index (χ1) is 12.1. The number of nitrogens with zero attached hydrogens (tertiary/aromatic N) is 2. The zero-order valence-electron chi connectivity index (χ0n) is 16.8. The van der Waals surface area contributed by atoms with Gasteiger partial charge in [0.05, 0.1) is 24.7 Å². The van der Waals surface area contributed by atoms with Gasteiger partial charge in [-0.2, -0.15) is 0 Å². The Hall–Kier alpha value is -1.96. The van der Waals surface area contributed by atoms with E-state index in [0.29, 0.717) is 19.0 Å². The van der Waals surface area contributed by atoms with Gasteiger partial charge in [-0.25, -0.2) is 8.42 Å². The van der Waals surface area contributed by atoms with Crippen molar-refractivity contribution in [2.24, 2.45) is 4.99 Å². The minimum atomic E-state index is -3.17. The van der Waals surface area contributed by atoms with E-state index in [0.717, 1.165) is 17.1 Å². The Bertz CT molecular complexity index is 724. The molecule has 148 valence electrons. The van der Waals surface area contributed by atoms with Gasteiger partial charge in [-0.15, -0.1) is 0 Å². The number of nitrogens with one attached hydrogen (secondary N) is 1. The summed E-state index contributed by atoms with van der Waals surface area (Å²) >= 11 is 0. The minimum absolute atomic E-state index is 0.0508. The number of benzene rings is 1. The van der Waals surface area contributed by atoms with Gasteiger partial charge in [0.25, 0.3) is 0 Å². The molecule has 0 aromatic heterocycles. The van der Waals surface area contributed by atoms with Crippen molar-refractivity contribution in [2.75, 3.05) is 40.6 Å². The van der Waals surface area contributed by atoms with E-state index in [2.05, 4.69) is 10.3 Å². The van der Waals surface area contributed by atoms with Crippen LogP contribution in [0.2, 0.25) is 0 Å². The van der Waals surface area contributed by atoms with Crippen molar-refractivity contribution in [3.05, 3.63) is 23.8 Å². The van der Waals surface area contributed by atoms with Crippen molar-refractivity contribution in [1.82, 2.24) is 10.2 Å². The molecule has 7 nitrogen and oxygen atoms in total. The molecule has 1 aromatic carbocycles. The summed E-state index contributed by atoms with van der Waals surface area (Å²) < 4.78 is 34.3. The van der Waals surface area contributed by atoms with Crippen LogP contribution < -0.4 is 14.8 Å². The van der Waals surface area contributed by atoms with Crippen molar-refractivity contribution in [3.8, 4) is 11.5 Å². The van der Waals surface area contributed by atoms with Crippen LogP contribution in [0.3, 0.4) is 0 Å². The Morgan fingerprint density at radius 1 is 1.23 bits per heavy atom. The van der Waals surface area contributed by atoms with Gasteiger partial charge in [0.2, 0.25) is 0 Å². The summed E-state index contributed by atoms with van der Waals surface area (Å²) in [5, 5.41) is 3.11. The van der Waals surface area contributed by atoms with E-state index < -0.39 is 14.6 Å². The molecule has 0 spiro atoms. The van der Waals surface area contributed by atoms with Gasteiger partial charge in [-0.05, 0) is 32.9 Å². The lowest BCUT2D eigenvalue weighted by Crippen LogP contribution is -2.42. The summed E-state index contributed by atoms with van der Waals surface area (Å²) in [6, 6.07) is 5.64. The molecule has 0 fully saturated rings. The zero-order chi connectivity index (χ0) is 20.0. The van der Waals surface area contributed by atoms with Crippen LogP contribution in [-0.2, 0) is 16.4 Å². The molecule has 0 bridgehead atoms. The van der Waals surface area contributed by atoms with Gasteiger partial charge < -0.3 is 19.7 Å². The van der Waals surface area contributed by atoms with Gasteiger partial charge in [-0.1, -0.05) is 0 Å². The number of guanidine groups is 1. The molecule has 1 aromatic rings. The number of methoxy groups -OCH3 is 2. The van der Waals surface area contributed by atoms with Crippen LogP contribution in [0.1, 0.15) is 26.3 Å². The maximum Gasteiger partial charge on any atom is 0.193 e. The lowest BCUT2D eigenvalue weighted by molar-refractivity contribution is 0.382. The summed E-state index contributed by atoms with van der Waals surface area (Å²) in [5.74, 6) is 2.12. The Morgan fingerprint density at radius 2 is 1.88 bits per heavy atom. The monoisotopic (exact) mass is 385 g/mol. The first-order valence-electron chi connectivity index (χ1n) is 8.40. The number of sulfone groups is 1. The molecule has 0 atom stereocenters. The maximum atomic E-state index is 12.2. The molecule has 1 N–H and O–H groups in total. The van der Waals surface area contributed by atoms with Gasteiger partial charge in [0.1, 0.15) is 11.5 Å². The second-order valence-corrected chi connectivity index (χ2v) is 9.80. The number of ether oxygens (including phenoxy) is 2. The third kappa shape index (κ3) is 5.79. The Morgan fingerprint density at radius 3 is 2.38 bits per heavy atom. The van der Waals surface area contributed by atoms with E-state index in [1.807, 2.05) is 30.1 Å². The van der Waals surface area contributed by atoms with Gasteiger partial charge in [0, 0.05) is 38.8 Å². The predicted octanol–water partition coefficient (Wildman–Crippen LogP) is 1.92. The average Bonchev–Trinajstić information content (AvgIpc) is 2.57. The highest BCUT2D eigenvalue weighted by Crippen LogP contribution is 2.25. The van der Waals surface area contributed by atoms with E-state index in [1.165, 1.54) is 0 Å². The van der Waals surface area contributed by atoms with Crippen molar-refractivity contribution >= 4 is 15.8 Å². The molecule has 0 aliphatic heterocycles. The molecule has 0 amide bonds. The van der Waals surface area contributed by atoms with Gasteiger partial charge in [0.15, 0.2) is 15.8 Å². The number of rotatable bonds is 7. The molecule has 8 heteroatoms. The van der Waals surface area contributed by atoms with Crippen LogP contribution in [0.15, 0.2) is 23.2 Å². The second-order valence-electron chi connectivity index (χ2n) is 6.94. The Balaban J connectivity index is 2.75. The third-order valence-electron chi connectivity index (χ3n) is 4.06. The second kappa shape index (κ2) is 9.12. The fourth-order valence-electron chi connectivity index (χ4n) is 2.30. The van der Waals surface area contributed by atoms with Crippen LogP contribution in [-0.4, -0.2) is 64.6 Å². The minimum Gasteiger partial charge on any atom is -0.497 e. The van der Waals surface area contributed by atoms with Crippen molar-refractivity contribution in [2.45, 2.75) is 32.1 Å². The first kappa shape index (κ1) is 22.1. The van der Waals surface area contributed by atoms with Crippen molar-refractivity contribution in [1.29, 1.82) is 0 Å². The Labute approximate surface area is 157 Å². The molecular weight excluding hydrogens is 354 g/mol. The van der Waals surface area contributed by atoms with Gasteiger partial charge >= 0.3 is 0 Å². The summed E-state index contributed by atoms with van der Waals surface area (Å²) in [7, 11) is 3.60. The van der Waals surface area contributed by atoms with E-state index in [-0.39, 0.29) is 5.75 Å². The van der Waals surface area contributed by atoms with Crippen LogP contribution in [0, 0.1) is 0 Å². The molecule has 1 rings (SSSR count). The number of hydrogen-bond donors (Lipinski definition) is 1. The maximum absolute atomic E-state index is 12.2. The zero-order valence-corrected chi connectivity index (χ0v) is 17.6. The molecule has 26 heavy (non-hydrogen) atoms. The molecule has 0 aliphatic rings. The fraction of sp³-hybridized carbons (Fsp3) is 0.611. The quantitative estimate of drug-likeness (QED) is 0.571. The molecule has 0 heterocycles. The topological polar surface area (TPSA) is 80.2 Å². The molecule has 0 saturated carbocycles. The first-order valence-corrected chi connectivity index (χ1v) is 10.1. The normalized spacial score (nSPS) is 12.7. The standard InChI is InChI=1S/C18H31N3O4S/c1-18(2,3)26(22,23)11-10-20-17(19-4)21(5)13-14-8-9-15(24-6)12-16(14)25-7/h8-9,12H,10-11,13H2,1-7H3,(H,19,20). The van der Waals surface area contributed by atoms with E-state index in [4.69, 9.17) is 9.47 Å². The van der Waals surface area contributed by atoms with E-state index in [1.54, 1.807) is 42.0 Å². The smallest absolute Gasteiger partial charge is 0.193 e. The SMILES string of the molecule is CN=C(NCCS(=O)(=O)C(C)(C)C)N(C)Cc1ccc(OC)cc1OC. The van der Waals surface area contributed by atoms with Crippen LogP contribution in [0.4, 0.5) is 0 Å². The highest BCUT2D eigenvalue weighted by molar-refractivity contribution is 7.92. The number of aliphatic imine (C=N–C) groups is 1. The largest absolute Gasteiger partial charge is 0.497 e.